The zero-order valence-electron chi connectivity index (χ0n) is 11.7. The molecule has 0 saturated heterocycles. The van der Waals surface area contributed by atoms with Crippen molar-refractivity contribution in [1.82, 2.24) is 0 Å². The fourth-order valence-electron chi connectivity index (χ4n) is 1.72. The first kappa shape index (κ1) is 16.1. The molecule has 0 spiro atoms. The van der Waals surface area contributed by atoms with Gasteiger partial charge in [0.2, 0.25) is 0 Å². The molecule has 2 N–H and O–H groups in total. The van der Waals surface area contributed by atoms with Gasteiger partial charge < -0.3 is 19.0 Å². The summed E-state index contributed by atoms with van der Waals surface area (Å²) in [5, 5.41) is 0. The van der Waals surface area contributed by atoms with E-state index in [9.17, 15) is 0 Å². The van der Waals surface area contributed by atoms with Crippen LogP contribution in [-0.2, 0) is 13.3 Å². The fraction of sp³-hybridized carbons (Fsp3) is 0.429. The Bertz CT molecular complexity index is 366. The Hall–Kier alpha value is -0.983. The summed E-state index contributed by atoms with van der Waals surface area (Å²) in [5.41, 5.74) is 6.67. The molecule has 0 unspecified atom stereocenters. The molecule has 0 bridgehead atoms. The molecule has 0 aromatic heterocycles. The number of hydrogen-bond acceptors (Lipinski definition) is 4. The van der Waals surface area contributed by atoms with Gasteiger partial charge in [-0.1, -0.05) is 42.5 Å². The average molecular weight is 281 g/mol. The highest BCUT2D eigenvalue weighted by molar-refractivity contribution is 6.60. The first-order chi connectivity index (χ1) is 9.26. The van der Waals surface area contributed by atoms with Gasteiger partial charge in [0, 0.05) is 20.3 Å². The first-order valence-corrected chi connectivity index (χ1v) is 8.35. The van der Waals surface area contributed by atoms with Crippen LogP contribution < -0.4 is 5.73 Å². The monoisotopic (exact) mass is 281 g/mol. The lowest BCUT2D eigenvalue weighted by Gasteiger charge is -2.25. The van der Waals surface area contributed by atoms with Crippen molar-refractivity contribution in [3.8, 4) is 0 Å². The van der Waals surface area contributed by atoms with Crippen LogP contribution >= 0.6 is 0 Å². The molecule has 0 saturated carbocycles. The van der Waals surface area contributed by atoms with E-state index >= 15 is 0 Å². The van der Waals surface area contributed by atoms with Crippen molar-refractivity contribution in [2.24, 2.45) is 5.73 Å². The van der Waals surface area contributed by atoms with E-state index in [1.807, 2.05) is 42.5 Å². The van der Waals surface area contributed by atoms with Crippen LogP contribution in [-0.4, -0.2) is 36.2 Å². The van der Waals surface area contributed by atoms with Gasteiger partial charge in [0.25, 0.3) is 0 Å². The number of benzene rings is 1. The maximum Gasteiger partial charge on any atom is 0.500 e. The molecule has 0 fully saturated rings. The molecule has 4 nitrogen and oxygen atoms in total. The lowest BCUT2D eigenvalue weighted by atomic mass is 10.2. The van der Waals surface area contributed by atoms with Crippen LogP contribution in [0.3, 0.4) is 0 Å². The molecular weight excluding hydrogens is 258 g/mol. The van der Waals surface area contributed by atoms with Gasteiger partial charge >= 0.3 is 8.80 Å². The molecule has 1 aromatic rings. The largest absolute Gasteiger partial charge is 0.500 e. The minimum absolute atomic E-state index is 0.480. The Morgan fingerprint density at radius 1 is 1.16 bits per heavy atom. The molecule has 0 radical (unpaired) electrons. The Kier molecular flexibility index (Phi) is 7.62. The summed E-state index contributed by atoms with van der Waals surface area (Å²) >= 11 is 0. The molecule has 0 heterocycles. The molecule has 0 amide bonds. The summed E-state index contributed by atoms with van der Waals surface area (Å²) in [5.74, 6) is 0. The zero-order chi connectivity index (χ0) is 14.0. The maximum atomic E-state index is 5.80. The van der Waals surface area contributed by atoms with E-state index in [0.717, 1.165) is 18.0 Å². The quantitative estimate of drug-likeness (QED) is 0.706. The SMILES string of the molecule is CO[Si](CCCN)(OC)OCC=Cc1ccccc1. The molecule has 1 rings (SSSR count). The molecule has 0 aliphatic rings. The van der Waals surface area contributed by atoms with Crippen molar-refractivity contribution in [1.29, 1.82) is 0 Å². The van der Waals surface area contributed by atoms with E-state index in [0.29, 0.717) is 13.2 Å². The van der Waals surface area contributed by atoms with Crippen LogP contribution in [0.5, 0.6) is 0 Å². The van der Waals surface area contributed by atoms with E-state index in [2.05, 4.69) is 0 Å². The van der Waals surface area contributed by atoms with E-state index in [-0.39, 0.29) is 0 Å². The standard InChI is InChI=1S/C14H23NO3Si/c1-16-19(17-2,13-7-11-15)18-12-6-10-14-8-4-3-5-9-14/h3-6,8-10H,7,11-13,15H2,1-2H3. The summed E-state index contributed by atoms with van der Waals surface area (Å²) < 4.78 is 16.7. The van der Waals surface area contributed by atoms with Gasteiger partial charge in [0.15, 0.2) is 0 Å². The Labute approximate surface area is 116 Å². The van der Waals surface area contributed by atoms with Crippen LogP contribution in [0.15, 0.2) is 36.4 Å². The smallest absolute Gasteiger partial charge is 0.377 e. The van der Waals surface area contributed by atoms with Gasteiger partial charge in [-0.05, 0) is 18.5 Å². The van der Waals surface area contributed by atoms with Gasteiger partial charge in [0.1, 0.15) is 0 Å². The van der Waals surface area contributed by atoms with Crippen molar-refractivity contribution < 1.29 is 13.3 Å². The normalized spacial score (nSPS) is 12.2. The molecule has 19 heavy (non-hydrogen) atoms. The topological polar surface area (TPSA) is 53.7 Å². The maximum absolute atomic E-state index is 5.80. The summed E-state index contributed by atoms with van der Waals surface area (Å²) in [6.07, 6.45) is 4.83. The molecular formula is C14H23NO3Si. The van der Waals surface area contributed by atoms with Crippen LogP contribution in [0.1, 0.15) is 12.0 Å². The second-order valence-corrected chi connectivity index (χ2v) is 7.08. The van der Waals surface area contributed by atoms with E-state index in [4.69, 9.17) is 19.0 Å². The Balaban J connectivity index is 2.46. The van der Waals surface area contributed by atoms with Crippen molar-refractivity contribution in [3.05, 3.63) is 42.0 Å². The van der Waals surface area contributed by atoms with Gasteiger partial charge in [0.05, 0.1) is 6.61 Å². The summed E-state index contributed by atoms with van der Waals surface area (Å²) in [6.45, 7) is 1.10. The van der Waals surface area contributed by atoms with Gasteiger partial charge in [-0.3, -0.25) is 0 Å². The van der Waals surface area contributed by atoms with Gasteiger partial charge in [-0.2, -0.15) is 0 Å². The highest BCUT2D eigenvalue weighted by atomic mass is 28.4. The second-order valence-electron chi connectivity index (χ2n) is 4.11. The molecule has 0 atom stereocenters. The summed E-state index contributed by atoms with van der Waals surface area (Å²) in [4.78, 5) is 0. The van der Waals surface area contributed by atoms with E-state index in [1.165, 1.54) is 0 Å². The van der Waals surface area contributed by atoms with E-state index in [1.54, 1.807) is 14.2 Å². The van der Waals surface area contributed by atoms with Crippen molar-refractivity contribution in [3.63, 3.8) is 0 Å². The zero-order valence-corrected chi connectivity index (χ0v) is 12.7. The highest BCUT2D eigenvalue weighted by Gasteiger charge is 2.37. The van der Waals surface area contributed by atoms with Crippen molar-refractivity contribution in [2.45, 2.75) is 12.5 Å². The Morgan fingerprint density at radius 2 is 1.84 bits per heavy atom. The van der Waals surface area contributed by atoms with Crippen LogP contribution in [0, 0.1) is 0 Å². The number of nitrogens with two attached hydrogens (primary N) is 1. The highest BCUT2D eigenvalue weighted by Crippen LogP contribution is 2.15. The third kappa shape index (κ3) is 5.67. The van der Waals surface area contributed by atoms with Crippen molar-refractivity contribution in [2.75, 3.05) is 27.4 Å². The molecule has 0 aliphatic carbocycles. The van der Waals surface area contributed by atoms with Crippen LogP contribution in [0.2, 0.25) is 6.04 Å². The lowest BCUT2D eigenvalue weighted by Crippen LogP contribution is -2.44. The van der Waals surface area contributed by atoms with Crippen LogP contribution in [0.25, 0.3) is 6.08 Å². The summed E-state index contributed by atoms with van der Waals surface area (Å²) in [7, 11) is 0.730. The minimum atomic E-state index is -2.53. The lowest BCUT2D eigenvalue weighted by molar-refractivity contribution is 0.110. The van der Waals surface area contributed by atoms with Crippen LogP contribution in [0.4, 0.5) is 0 Å². The fourth-order valence-corrected chi connectivity index (χ4v) is 3.66. The first-order valence-electron chi connectivity index (χ1n) is 6.42. The van der Waals surface area contributed by atoms with E-state index < -0.39 is 8.80 Å². The van der Waals surface area contributed by atoms with Gasteiger partial charge in [-0.25, -0.2) is 0 Å². The van der Waals surface area contributed by atoms with Crippen molar-refractivity contribution >= 4 is 14.9 Å². The predicted molar refractivity (Wildman–Crippen MR) is 79.7 cm³/mol. The molecule has 5 heteroatoms. The minimum Gasteiger partial charge on any atom is -0.377 e. The molecule has 106 valence electrons. The average Bonchev–Trinajstić information content (AvgIpc) is 2.48. The predicted octanol–water partition coefficient (Wildman–Crippen LogP) is 2.30. The molecule has 0 aliphatic heterocycles. The summed E-state index contributed by atoms with van der Waals surface area (Å²) in [6, 6.07) is 10.8. The third-order valence-electron chi connectivity index (χ3n) is 2.82. The van der Waals surface area contributed by atoms with Gasteiger partial charge in [-0.15, -0.1) is 0 Å². The third-order valence-corrected chi connectivity index (χ3v) is 5.63. The Morgan fingerprint density at radius 3 is 2.42 bits per heavy atom. The number of hydrogen-bond donors (Lipinski definition) is 1. The number of rotatable bonds is 9. The molecule has 1 aromatic carbocycles. The second kappa shape index (κ2) is 9.01.